The number of carbonyl (C=O) groups is 1. The Bertz CT molecular complexity index is 795. The van der Waals surface area contributed by atoms with Crippen molar-refractivity contribution in [2.24, 2.45) is 29.6 Å². The zero-order chi connectivity index (χ0) is 24.9. The molecule has 0 bridgehead atoms. The van der Waals surface area contributed by atoms with Gasteiger partial charge in [-0.3, -0.25) is 4.79 Å². The lowest BCUT2D eigenvalue weighted by Gasteiger charge is -2.44. The van der Waals surface area contributed by atoms with Crippen LogP contribution >= 0.6 is 0 Å². The molecule has 2 heterocycles. The summed E-state index contributed by atoms with van der Waals surface area (Å²) in [5.41, 5.74) is 1.35. The van der Waals surface area contributed by atoms with Crippen LogP contribution in [-0.2, 0) is 23.7 Å². The number of allylic oxidation sites excluding steroid dienone is 3. The standard InChI is InChI=1S/C30H46O5/c1-6-20(3)30(31)35-27-16-19(2)15-23-11-10-21(4)26(29(23)27)13-12-24-18-25(17-22(5)33-24)34-28-9-7-8-14-32-28/h10-11,15,19-21,24-29H,5-9,12-14,16-18H2,1-4H3/t19-,20-,21-,24+,25-,26-,27?,28?,29-/m0/s1. The van der Waals surface area contributed by atoms with Crippen LogP contribution in [-0.4, -0.2) is 37.2 Å². The Balaban J connectivity index is 1.41. The normalized spacial score (nSPS) is 38.2. The van der Waals surface area contributed by atoms with Gasteiger partial charge in [-0.05, 0) is 68.3 Å². The Morgan fingerprint density at radius 1 is 1.23 bits per heavy atom. The van der Waals surface area contributed by atoms with E-state index >= 15 is 0 Å². The van der Waals surface area contributed by atoms with Crippen LogP contribution in [0.2, 0.25) is 0 Å². The summed E-state index contributed by atoms with van der Waals surface area (Å²) < 4.78 is 24.5. The van der Waals surface area contributed by atoms with Gasteiger partial charge in [-0.25, -0.2) is 0 Å². The van der Waals surface area contributed by atoms with Crippen molar-refractivity contribution < 1.29 is 23.7 Å². The maximum Gasteiger partial charge on any atom is 0.308 e. The van der Waals surface area contributed by atoms with Crippen molar-refractivity contribution in [3.8, 4) is 0 Å². The van der Waals surface area contributed by atoms with Crippen LogP contribution in [0.4, 0.5) is 0 Å². The van der Waals surface area contributed by atoms with Gasteiger partial charge in [-0.2, -0.15) is 0 Å². The molecule has 5 nitrogen and oxygen atoms in total. The largest absolute Gasteiger partial charge is 0.495 e. The number of carbonyl (C=O) groups excluding carboxylic acids is 1. The van der Waals surface area contributed by atoms with Crippen LogP contribution in [0.1, 0.15) is 85.5 Å². The molecule has 2 fully saturated rings. The fraction of sp³-hybridized carbons (Fsp3) is 0.767. The second kappa shape index (κ2) is 12.1. The van der Waals surface area contributed by atoms with E-state index < -0.39 is 0 Å². The highest BCUT2D eigenvalue weighted by Crippen LogP contribution is 2.45. The summed E-state index contributed by atoms with van der Waals surface area (Å²) in [6.45, 7) is 13.5. The van der Waals surface area contributed by atoms with Gasteiger partial charge in [0.2, 0.25) is 0 Å². The minimum Gasteiger partial charge on any atom is -0.495 e. The van der Waals surface area contributed by atoms with Gasteiger partial charge in [0.15, 0.2) is 6.29 Å². The first kappa shape index (κ1) is 26.5. The van der Waals surface area contributed by atoms with E-state index in [9.17, 15) is 4.79 Å². The average Bonchev–Trinajstić information content (AvgIpc) is 2.83. The molecular weight excluding hydrogens is 440 g/mol. The fourth-order valence-corrected chi connectivity index (χ4v) is 6.31. The second-order valence-corrected chi connectivity index (χ2v) is 11.4. The summed E-state index contributed by atoms with van der Waals surface area (Å²) in [6.07, 6.45) is 15.7. The predicted molar refractivity (Wildman–Crippen MR) is 137 cm³/mol. The molecule has 196 valence electrons. The summed E-state index contributed by atoms with van der Waals surface area (Å²) in [5, 5.41) is 0. The van der Waals surface area contributed by atoms with Crippen molar-refractivity contribution in [2.75, 3.05) is 6.61 Å². The number of hydrogen-bond donors (Lipinski definition) is 0. The highest BCUT2D eigenvalue weighted by atomic mass is 16.7. The second-order valence-electron chi connectivity index (χ2n) is 11.4. The van der Waals surface area contributed by atoms with Gasteiger partial charge in [0, 0.05) is 25.4 Å². The van der Waals surface area contributed by atoms with Gasteiger partial charge in [0.25, 0.3) is 0 Å². The van der Waals surface area contributed by atoms with E-state index in [1.165, 1.54) is 12.0 Å². The third-order valence-corrected chi connectivity index (χ3v) is 8.50. The lowest BCUT2D eigenvalue weighted by atomic mass is 9.65. The van der Waals surface area contributed by atoms with Crippen LogP contribution < -0.4 is 0 Å². The van der Waals surface area contributed by atoms with E-state index in [2.05, 4.69) is 38.7 Å². The Morgan fingerprint density at radius 3 is 2.80 bits per heavy atom. The van der Waals surface area contributed by atoms with Crippen molar-refractivity contribution in [2.45, 2.75) is 110 Å². The van der Waals surface area contributed by atoms with Crippen molar-refractivity contribution in [3.05, 3.63) is 36.1 Å². The predicted octanol–water partition coefficient (Wildman–Crippen LogP) is 6.73. The Morgan fingerprint density at radius 2 is 2.06 bits per heavy atom. The highest BCUT2D eigenvalue weighted by molar-refractivity contribution is 5.72. The quantitative estimate of drug-likeness (QED) is 0.356. The topological polar surface area (TPSA) is 54.0 Å². The molecule has 2 aliphatic carbocycles. The summed E-state index contributed by atoms with van der Waals surface area (Å²) in [6, 6.07) is 0. The van der Waals surface area contributed by atoms with E-state index in [-0.39, 0.29) is 42.4 Å². The molecule has 9 atom stereocenters. The number of ether oxygens (including phenoxy) is 4. The third kappa shape index (κ3) is 6.80. The van der Waals surface area contributed by atoms with Crippen LogP contribution in [0.3, 0.4) is 0 Å². The average molecular weight is 487 g/mol. The number of hydrogen-bond acceptors (Lipinski definition) is 5. The molecule has 4 rings (SSSR count). The fourth-order valence-electron chi connectivity index (χ4n) is 6.31. The minimum absolute atomic E-state index is 0.0503. The van der Waals surface area contributed by atoms with E-state index in [0.717, 1.165) is 63.7 Å². The lowest BCUT2D eigenvalue weighted by molar-refractivity contribution is -0.201. The molecular formula is C30H46O5. The highest BCUT2D eigenvalue weighted by Gasteiger charge is 2.42. The molecule has 5 heteroatoms. The molecule has 0 aromatic carbocycles. The molecule has 35 heavy (non-hydrogen) atoms. The summed E-state index contributed by atoms with van der Waals surface area (Å²) in [7, 11) is 0. The van der Waals surface area contributed by atoms with Crippen molar-refractivity contribution in [3.63, 3.8) is 0 Å². The van der Waals surface area contributed by atoms with E-state index in [0.29, 0.717) is 17.8 Å². The van der Waals surface area contributed by atoms with E-state index in [1.54, 1.807) is 0 Å². The Hall–Kier alpha value is -1.59. The molecule has 0 radical (unpaired) electrons. The van der Waals surface area contributed by atoms with E-state index in [4.69, 9.17) is 18.9 Å². The molecule has 0 aromatic heterocycles. The minimum atomic E-state index is -0.0818. The van der Waals surface area contributed by atoms with Crippen LogP contribution in [0, 0.1) is 29.6 Å². The molecule has 4 aliphatic rings. The molecule has 0 saturated carbocycles. The van der Waals surface area contributed by atoms with Gasteiger partial charge in [-0.1, -0.05) is 52.5 Å². The SMILES string of the molecule is C=C1C[C@H](OC2CCCCO2)C[C@@H](CC[C@@H]2[C@@H]3C(=C[C@H](C)CC3OC(=O)[C@@H](C)CC)C=C[C@@H]2C)O1. The van der Waals surface area contributed by atoms with Gasteiger partial charge >= 0.3 is 5.97 Å². The Labute approximate surface area is 212 Å². The molecule has 0 amide bonds. The summed E-state index contributed by atoms with van der Waals surface area (Å²) >= 11 is 0. The third-order valence-electron chi connectivity index (χ3n) is 8.50. The smallest absolute Gasteiger partial charge is 0.308 e. The van der Waals surface area contributed by atoms with Crippen LogP contribution in [0.15, 0.2) is 36.1 Å². The molecule has 2 unspecified atom stereocenters. The maximum atomic E-state index is 12.7. The lowest BCUT2D eigenvalue weighted by Crippen LogP contribution is -2.42. The van der Waals surface area contributed by atoms with Crippen molar-refractivity contribution in [1.29, 1.82) is 0 Å². The number of rotatable bonds is 8. The molecule has 0 aromatic rings. The zero-order valence-corrected chi connectivity index (χ0v) is 22.2. The van der Waals surface area contributed by atoms with Crippen LogP contribution in [0.5, 0.6) is 0 Å². The monoisotopic (exact) mass is 486 g/mol. The molecule has 2 aliphatic heterocycles. The summed E-state index contributed by atoms with van der Waals surface area (Å²) in [5.74, 6) is 2.25. The number of esters is 1. The number of fused-ring (bicyclic) bond motifs is 1. The zero-order valence-electron chi connectivity index (χ0n) is 22.2. The maximum absolute atomic E-state index is 12.7. The van der Waals surface area contributed by atoms with Gasteiger partial charge < -0.3 is 18.9 Å². The first-order valence-electron chi connectivity index (χ1n) is 14.1. The first-order valence-corrected chi connectivity index (χ1v) is 14.1. The van der Waals surface area contributed by atoms with E-state index in [1.807, 2.05) is 13.8 Å². The van der Waals surface area contributed by atoms with Crippen molar-refractivity contribution >= 4 is 5.97 Å². The van der Waals surface area contributed by atoms with Crippen LogP contribution in [0.25, 0.3) is 0 Å². The molecule has 2 saturated heterocycles. The van der Waals surface area contributed by atoms with Crippen molar-refractivity contribution in [1.82, 2.24) is 0 Å². The van der Waals surface area contributed by atoms with Gasteiger partial charge in [0.1, 0.15) is 12.2 Å². The molecule has 0 spiro atoms. The molecule has 0 N–H and O–H groups in total. The first-order chi connectivity index (χ1) is 16.8. The van der Waals surface area contributed by atoms with Gasteiger partial charge in [0.05, 0.1) is 17.8 Å². The van der Waals surface area contributed by atoms with Gasteiger partial charge in [-0.15, -0.1) is 0 Å². The summed E-state index contributed by atoms with van der Waals surface area (Å²) in [4.78, 5) is 12.7. The Kier molecular flexibility index (Phi) is 9.15.